The lowest BCUT2D eigenvalue weighted by Gasteiger charge is -2.31. The van der Waals surface area contributed by atoms with Crippen molar-refractivity contribution in [2.45, 2.75) is 56.7 Å². The standard InChI is InChI=1S/C18H27N3O6S/c1-18(2)13(5-7-28(18,26)27)16(24)19-10-12-4-3-6-21(12)17(25)11-8-14(22)20-15(23)9-11/h11-13H,3-10H2,1-2H3,(H,19,24)(H,20,22,23)/t12-,13?/m1/s1. The number of nitrogens with zero attached hydrogens (tertiary/aromatic N) is 1. The Labute approximate surface area is 164 Å². The van der Waals surface area contributed by atoms with E-state index >= 15 is 0 Å². The molecule has 0 aromatic heterocycles. The Balaban J connectivity index is 1.60. The van der Waals surface area contributed by atoms with Gasteiger partial charge < -0.3 is 10.2 Å². The van der Waals surface area contributed by atoms with Gasteiger partial charge in [0, 0.05) is 32.0 Å². The molecule has 3 heterocycles. The Morgan fingerprint density at radius 3 is 2.39 bits per heavy atom. The zero-order valence-corrected chi connectivity index (χ0v) is 17.0. The molecule has 3 fully saturated rings. The number of rotatable bonds is 4. The SMILES string of the molecule is CC1(C)C(C(=O)NC[C@H]2CCCN2C(=O)C2CC(=O)NC(=O)C2)CCS1(=O)=O. The Hall–Kier alpha value is -1.97. The van der Waals surface area contributed by atoms with Gasteiger partial charge in [-0.3, -0.25) is 24.5 Å². The van der Waals surface area contributed by atoms with Crippen molar-refractivity contribution < 1.29 is 27.6 Å². The van der Waals surface area contributed by atoms with Crippen LogP contribution < -0.4 is 10.6 Å². The van der Waals surface area contributed by atoms with Gasteiger partial charge >= 0.3 is 0 Å². The summed E-state index contributed by atoms with van der Waals surface area (Å²) in [6.45, 7) is 3.92. The first-order valence-electron chi connectivity index (χ1n) is 9.66. The Bertz CT molecular complexity index is 790. The lowest BCUT2D eigenvalue weighted by molar-refractivity contribution is -0.145. The number of carbonyl (C=O) groups excluding carboxylic acids is 4. The maximum atomic E-state index is 12.8. The number of carbonyl (C=O) groups is 4. The lowest BCUT2D eigenvalue weighted by Crippen LogP contribution is -2.50. The summed E-state index contributed by atoms with van der Waals surface area (Å²) in [4.78, 5) is 50.1. The Morgan fingerprint density at radius 2 is 1.82 bits per heavy atom. The highest BCUT2D eigenvalue weighted by Crippen LogP contribution is 2.37. The number of likely N-dealkylation sites (tertiary alicyclic amines) is 1. The zero-order chi connectivity index (χ0) is 20.7. The first kappa shape index (κ1) is 20.8. The van der Waals surface area contributed by atoms with E-state index in [4.69, 9.17) is 0 Å². The molecule has 0 aromatic carbocycles. The maximum Gasteiger partial charge on any atom is 0.227 e. The van der Waals surface area contributed by atoms with E-state index < -0.39 is 38.2 Å². The van der Waals surface area contributed by atoms with Crippen LogP contribution in [0.1, 0.15) is 46.0 Å². The largest absolute Gasteiger partial charge is 0.354 e. The molecule has 3 saturated heterocycles. The van der Waals surface area contributed by atoms with Crippen LogP contribution in [0.5, 0.6) is 0 Å². The quantitative estimate of drug-likeness (QED) is 0.590. The molecule has 156 valence electrons. The van der Waals surface area contributed by atoms with Crippen LogP contribution in [0.3, 0.4) is 0 Å². The molecule has 0 bridgehead atoms. The van der Waals surface area contributed by atoms with Crippen molar-refractivity contribution in [2.75, 3.05) is 18.8 Å². The van der Waals surface area contributed by atoms with Gasteiger partial charge in [-0.2, -0.15) is 0 Å². The van der Waals surface area contributed by atoms with Crippen molar-refractivity contribution in [2.24, 2.45) is 11.8 Å². The molecule has 0 radical (unpaired) electrons. The fourth-order valence-corrected chi connectivity index (χ4v) is 6.14. The van der Waals surface area contributed by atoms with Crippen molar-refractivity contribution in [3.63, 3.8) is 0 Å². The van der Waals surface area contributed by atoms with Crippen molar-refractivity contribution in [1.29, 1.82) is 0 Å². The van der Waals surface area contributed by atoms with Gasteiger partial charge in [0.05, 0.1) is 22.3 Å². The van der Waals surface area contributed by atoms with Crippen molar-refractivity contribution in [3.8, 4) is 0 Å². The van der Waals surface area contributed by atoms with E-state index in [-0.39, 0.29) is 43.0 Å². The number of piperidine rings is 1. The van der Waals surface area contributed by atoms with Gasteiger partial charge in [-0.15, -0.1) is 0 Å². The van der Waals surface area contributed by atoms with Crippen LogP contribution in [0.4, 0.5) is 0 Å². The third kappa shape index (κ3) is 3.78. The number of imide groups is 1. The Morgan fingerprint density at radius 1 is 1.18 bits per heavy atom. The van der Waals surface area contributed by atoms with Gasteiger partial charge in [-0.05, 0) is 33.1 Å². The first-order valence-corrected chi connectivity index (χ1v) is 11.3. The topological polar surface area (TPSA) is 130 Å². The lowest BCUT2D eigenvalue weighted by atomic mass is 9.92. The second-order valence-corrected chi connectivity index (χ2v) is 11.1. The minimum absolute atomic E-state index is 0.00387. The molecular weight excluding hydrogens is 386 g/mol. The van der Waals surface area contributed by atoms with Gasteiger partial charge in [0.1, 0.15) is 0 Å². The summed E-state index contributed by atoms with van der Waals surface area (Å²) in [7, 11) is -3.30. The monoisotopic (exact) mass is 413 g/mol. The highest BCUT2D eigenvalue weighted by molar-refractivity contribution is 7.93. The summed E-state index contributed by atoms with van der Waals surface area (Å²) in [6.07, 6.45) is 1.78. The normalized spacial score (nSPS) is 29.6. The van der Waals surface area contributed by atoms with E-state index in [1.165, 1.54) is 0 Å². The molecule has 2 atom stereocenters. The molecule has 4 amide bonds. The molecule has 3 rings (SSSR count). The zero-order valence-electron chi connectivity index (χ0n) is 16.2. The predicted molar refractivity (Wildman–Crippen MR) is 99.6 cm³/mol. The molecule has 3 aliphatic rings. The van der Waals surface area contributed by atoms with Gasteiger partial charge in [0.25, 0.3) is 0 Å². The average Bonchev–Trinajstić information content (AvgIpc) is 3.14. The van der Waals surface area contributed by atoms with Crippen LogP contribution in [0.15, 0.2) is 0 Å². The smallest absolute Gasteiger partial charge is 0.227 e. The van der Waals surface area contributed by atoms with Gasteiger partial charge in [-0.1, -0.05) is 0 Å². The highest BCUT2D eigenvalue weighted by Gasteiger charge is 2.51. The third-order valence-electron chi connectivity index (χ3n) is 6.30. The second-order valence-electron chi connectivity index (χ2n) is 8.41. The molecular formula is C18H27N3O6S. The summed E-state index contributed by atoms with van der Waals surface area (Å²) in [5, 5.41) is 5.02. The molecule has 10 heteroatoms. The Kier molecular flexibility index (Phi) is 5.53. The van der Waals surface area contributed by atoms with Crippen LogP contribution in [0.2, 0.25) is 0 Å². The number of hydrogen-bond donors (Lipinski definition) is 2. The van der Waals surface area contributed by atoms with E-state index in [0.717, 1.165) is 6.42 Å². The molecule has 3 aliphatic heterocycles. The third-order valence-corrected chi connectivity index (χ3v) is 8.96. The first-order chi connectivity index (χ1) is 13.0. The number of hydrogen-bond acceptors (Lipinski definition) is 6. The van der Waals surface area contributed by atoms with Crippen molar-refractivity contribution >= 4 is 33.5 Å². The summed E-state index contributed by atoms with van der Waals surface area (Å²) >= 11 is 0. The van der Waals surface area contributed by atoms with E-state index in [1.54, 1.807) is 18.7 Å². The molecule has 0 spiro atoms. The molecule has 9 nitrogen and oxygen atoms in total. The van der Waals surface area contributed by atoms with E-state index in [9.17, 15) is 27.6 Å². The van der Waals surface area contributed by atoms with Crippen LogP contribution in [0.25, 0.3) is 0 Å². The van der Waals surface area contributed by atoms with Crippen LogP contribution in [-0.2, 0) is 29.0 Å². The van der Waals surface area contributed by atoms with Gasteiger partial charge in [-0.25, -0.2) is 8.42 Å². The van der Waals surface area contributed by atoms with E-state index in [1.807, 2.05) is 0 Å². The summed E-state index contributed by atoms with van der Waals surface area (Å²) < 4.78 is 23.2. The van der Waals surface area contributed by atoms with Crippen LogP contribution in [0, 0.1) is 11.8 Å². The molecule has 0 aliphatic carbocycles. The molecule has 2 N–H and O–H groups in total. The second kappa shape index (κ2) is 7.46. The molecule has 1 unspecified atom stereocenters. The van der Waals surface area contributed by atoms with E-state index in [2.05, 4.69) is 10.6 Å². The van der Waals surface area contributed by atoms with Crippen LogP contribution >= 0.6 is 0 Å². The van der Waals surface area contributed by atoms with Gasteiger partial charge in [0.15, 0.2) is 9.84 Å². The average molecular weight is 413 g/mol. The van der Waals surface area contributed by atoms with Gasteiger partial charge in [0.2, 0.25) is 23.6 Å². The minimum Gasteiger partial charge on any atom is -0.354 e. The maximum absolute atomic E-state index is 12.8. The highest BCUT2D eigenvalue weighted by atomic mass is 32.2. The molecule has 0 aromatic rings. The molecule has 0 saturated carbocycles. The number of amides is 4. The van der Waals surface area contributed by atoms with Crippen LogP contribution in [-0.4, -0.2) is 66.6 Å². The van der Waals surface area contributed by atoms with Crippen molar-refractivity contribution in [1.82, 2.24) is 15.5 Å². The van der Waals surface area contributed by atoms with Crippen molar-refractivity contribution in [3.05, 3.63) is 0 Å². The number of nitrogens with one attached hydrogen (secondary N) is 2. The fourth-order valence-electron chi connectivity index (χ4n) is 4.41. The fraction of sp³-hybridized carbons (Fsp3) is 0.778. The number of sulfone groups is 1. The molecule has 28 heavy (non-hydrogen) atoms. The van der Waals surface area contributed by atoms with E-state index in [0.29, 0.717) is 19.4 Å². The summed E-state index contributed by atoms with van der Waals surface area (Å²) in [5.41, 5.74) is 0. The predicted octanol–water partition coefficient (Wildman–Crippen LogP) is -0.640. The summed E-state index contributed by atoms with van der Waals surface area (Å²) in [5.74, 6) is -2.68. The summed E-state index contributed by atoms with van der Waals surface area (Å²) in [6, 6.07) is -0.210. The minimum atomic E-state index is -3.30.